The molecule has 1 unspecified atom stereocenters. The summed E-state index contributed by atoms with van der Waals surface area (Å²) in [7, 11) is -3.26. The molecule has 1 atom stereocenters. The predicted octanol–water partition coefficient (Wildman–Crippen LogP) is -0.528. The van der Waals surface area contributed by atoms with Gasteiger partial charge in [-0.05, 0) is 6.42 Å². The fraction of sp³-hybridized carbons (Fsp3) is 0.800. The molecule has 1 rings (SSSR count). The second-order valence-corrected chi connectivity index (χ2v) is 4.32. The normalized spacial score (nSPS) is 31.3. The molecule has 0 spiro atoms. The molecule has 0 aliphatic carbocycles. The molecule has 5 heteroatoms. The van der Waals surface area contributed by atoms with Crippen LogP contribution in [0.2, 0.25) is 0 Å². The average molecular weight is 163 g/mol. The molecular formula is C5H9NO3S. The third kappa shape index (κ3) is 1.47. The van der Waals surface area contributed by atoms with E-state index in [9.17, 15) is 13.2 Å². The van der Waals surface area contributed by atoms with Crippen molar-refractivity contribution in [2.75, 3.05) is 5.75 Å². The second kappa shape index (κ2) is 2.23. The van der Waals surface area contributed by atoms with E-state index in [1.165, 1.54) is 0 Å². The second-order valence-electron chi connectivity index (χ2n) is 2.47. The zero-order chi connectivity index (χ0) is 7.78. The van der Waals surface area contributed by atoms with Crippen LogP contribution in [0.5, 0.6) is 0 Å². The lowest BCUT2D eigenvalue weighted by Crippen LogP contribution is -2.41. The number of carbonyl (C=O) groups excluding carboxylic acids is 1. The standard InChI is InChI=1S/C5H9NO3S/c1-4-2-3-10(8,9)6-5(4)7/h4H,2-3H2,1H3,(H,6,7). The van der Waals surface area contributed by atoms with Crippen molar-refractivity contribution in [2.24, 2.45) is 5.92 Å². The number of hydrogen-bond donors (Lipinski definition) is 1. The van der Waals surface area contributed by atoms with Gasteiger partial charge >= 0.3 is 0 Å². The first kappa shape index (κ1) is 7.53. The molecule has 4 nitrogen and oxygen atoms in total. The number of sulfonamides is 1. The monoisotopic (exact) mass is 163 g/mol. The zero-order valence-electron chi connectivity index (χ0n) is 5.62. The van der Waals surface area contributed by atoms with Crippen LogP contribution in [0.15, 0.2) is 0 Å². The van der Waals surface area contributed by atoms with Crippen LogP contribution in [0.3, 0.4) is 0 Å². The van der Waals surface area contributed by atoms with Gasteiger partial charge in [-0.25, -0.2) is 8.42 Å². The van der Waals surface area contributed by atoms with Gasteiger partial charge in [-0.3, -0.25) is 9.52 Å². The lowest BCUT2D eigenvalue weighted by atomic mass is 10.1. The van der Waals surface area contributed by atoms with Gasteiger partial charge < -0.3 is 0 Å². The number of rotatable bonds is 0. The molecule has 1 heterocycles. The highest BCUT2D eigenvalue weighted by Gasteiger charge is 2.26. The van der Waals surface area contributed by atoms with Crippen molar-refractivity contribution in [3.63, 3.8) is 0 Å². The molecule has 1 saturated heterocycles. The van der Waals surface area contributed by atoms with E-state index < -0.39 is 10.0 Å². The van der Waals surface area contributed by atoms with Gasteiger partial charge in [-0.1, -0.05) is 6.92 Å². The molecule has 0 aromatic rings. The Hall–Kier alpha value is -0.580. The minimum atomic E-state index is -3.26. The molecule has 1 amide bonds. The molecule has 58 valence electrons. The van der Waals surface area contributed by atoms with Gasteiger partial charge in [-0.15, -0.1) is 0 Å². The summed E-state index contributed by atoms with van der Waals surface area (Å²) in [5.74, 6) is -0.477. The molecule has 1 aliphatic heterocycles. The van der Waals surface area contributed by atoms with Gasteiger partial charge in [0.25, 0.3) is 0 Å². The van der Waals surface area contributed by atoms with Crippen LogP contribution in [-0.2, 0) is 14.8 Å². The zero-order valence-corrected chi connectivity index (χ0v) is 6.44. The van der Waals surface area contributed by atoms with E-state index in [-0.39, 0.29) is 17.6 Å². The summed E-state index contributed by atoms with van der Waals surface area (Å²) in [6.45, 7) is 1.71. The first-order valence-electron chi connectivity index (χ1n) is 3.05. The highest BCUT2D eigenvalue weighted by Crippen LogP contribution is 2.09. The summed E-state index contributed by atoms with van der Waals surface area (Å²) in [4.78, 5) is 10.7. The Balaban J connectivity index is 2.76. The Bertz CT molecular complexity index is 244. The maximum absolute atomic E-state index is 10.7. The minimum absolute atomic E-state index is 0.0694. The first-order valence-corrected chi connectivity index (χ1v) is 4.71. The summed E-state index contributed by atoms with van der Waals surface area (Å²) in [6, 6.07) is 0. The van der Waals surface area contributed by atoms with Crippen molar-refractivity contribution >= 4 is 15.9 Å². The van der Waals surface area contributed by atoms with Crippen LogP contribution >= 0.6 is 0 Å². The van der Waals surface area contributed by atoms with E-state index in [4.69, 9.17) is 0 Å². The maximum atomic E-state index is 10.7. The highest BCUT2D eigenvalue weighted by atomic mass is 32.2. The Morgan fingerprint density at radius 1 is 1.60 bits per heavy atom. The van der Waals surface area contributed by atoms with Crippen molar-refractivity contribution in [1.82, 2.24) is 4.72 Å². The van der Waals surface area contributed by atoms with Crippen LogP contribution < -0.4 is 4.72 Å². The molecule has 10 heavy (non-hydrogen) atoms. The van der Waals surface area contributed by atoms with Gasteiger partial charge in [-0.2, -0.15) is 0 Å². The fourth-order valence-corrected chi connectivity index (χ4v) is 2.04. The lowest BCUT2D eigenvalue weighted by Gasteiger charge is -2.17. The van der Waals surface area contributed by atoms with E-state index >= 15 is 0 Å². The predicted molar refractivity (Wildman–Crippen MR) is 35.7 cm³/mol. The number of carbonyl (C=O) groups is 1. The maximum Gasteiger partial charge on any atom is 0.236 e. The van der Waals surface area contributed by atoms with Gasteiger partial charge in [0.05, 0.1) is 5.75 Å². The fourth-order valence-electron chi connectivity index (χ4n) is 0.768. The van der Waals surface area contributed by atoms with Crippen molar-refractivity contribution in [3.05, 3.63) is 0 Å². The summed E-state index contributed by atoms with van der Waals surface area (Å²) in [6.07, 6.45) is 0.439. The molecule has 0 bridgehead atoms. The molecule has 1 fully saturated rings. The first-order chi connectivity index (χ1) is 4.51. The highest BCUT2D eigenvalue weighted by molar-refractivity contribution is 7.90. The molecular weight excluding hydrogens is 154 g/mol. The topological polar surface area (TPSA) is 63.2 Å². The summed E-state index contributed by atoms with van der Waals surface area (Å²) < 4.78 is 23.3. The van der Waals surface area contributed by atoms with Crippen LogP contribution in [0, 0.1) is 5.92 Å². The van der Waals surface area contributed by atoms with Crippen LogP contribution in [-0.4, -0.2) is 20.1 Å². The number of hydrogen-bond acceptors (Lipinski definition) is 3. The van der Waals surface area contributed by atoms with Crippen LogP contribution in [0.4, 0.5) is 0 Å². The largest absolute Gasteiger partial charge is 0.274 e. The van der Waals surface area contributed by atoms with E-state index in [1.54, 1.807) is 6.92 Å². The van der Waals surface area contributed by atoms with Gasteiger partial charge in [0, 0.05) is 5.92 Å². The smallest absolute Gasteiger partial charge is 0.236 e. The third-order valence-corrected chi connectivity index (χ3v) is 2.81. The van der Waals surface area contributed by atoms with Crippen molar-refractivity contribution in [3.8, 4) is 0 Å². The summed E-state index contributed by atoms with van der Waals surface area (Å²) in [5.41, 5.74) is 0. The van der Waals surface area contributed by atoms with E-state index in [0.29, 0.717) is 6.42 Å². The van der Waals surface area contributed by atoms with Crippen molar-refractivity contribution in [1.29, 1.82) is 0 Å². The Labute approximate surface area is 59.7 Å². The minimum Gasteiger partial charge on any atom is -0.274 e. The Kier molecular flexibility index (Phi) is 1.68. The van der Waals surface area contributed by atoms with E-state index in [0.717, 1.165) is 0 Å². The van der Waals surface area contributed by atoms with Crippen LogP contribution in [0.25, 0.3) is 0 Å². The third-order valence-electron chi connectivity index (χ3n) is 1.52. The van der Waals surface area contributed by atoms with Crippen LogP contribution in [0.1, 0.15) is 13.3 Å². The summed E-state index contributed by atoms with van der Waals surface area (Å²) in [5, 5.41) is 0. The number of nitrogens with one attached hydrogen (secondary N) is 1. The van der Waals surface area contributed by atoms with E-state index in [2.05, 4.69) is 0 Å². The SMILES string of the molecule is CC1CCS(=O)(=O)NC1=O. The number of amides is 1. The van der Waals surface area contributed by atoms with Gasteiger partial charge in [0.2, 0.25) is 15.9 Å². The van der Waals surface area contributed by atoms with Gasteiger partial charge in [0.15, 0.2) is 0 Å². The quantitative estimate of drug-likeness (QED) is 0.522. The molecule has 0 saturated carbocycles. The molecule has 1 aliphatic rings. The van der Waals surface area contributed by atoms with E-state index in [1.807, 2.05) is 4.72 Å². The lowest BCUT2D eigenvalue weighted by molar-refractivity contribution is -0.123. The van der Waals surface area contributed by atoms with Crippen molar-refractivity contribution < 1.29 is 13.2 Å². The Morgan fingerprint density at radius 3 is 2.60 bits per heavy atom. The molecule has 0 aromatic carbocycles. The summed E-state index contributed by atoms with van der Waals surface area (Å²) >= 11 is 0. The molecule has 0 aromatic heterocycles. The molecule has 1 N–H and O–H groups in total. The average Bonchev–Trinajstić information content (AvgIpc) is 1.79. The van der Waals surface area contributed by atoms with Gasteiger partial charge in [0.1, 0.15) is 0 Å². The Morgan fingerprint density at radius 2 is 2.20 bits per heavy atom. The van der Waals surface area contributed by atoms with Crippen molar-refractivity contribution in [2.45, 2.75) is 13.3 Å². The molecule has 0 radical (unpaired) electrons.